The first-order valence-electron chi connectivity index (χ1n) is 8.38. The Kier molecular flexibility index (Phi) is 3.94. The summed E-state index contributed by atoms with van der Waals surface area (Å²) >= 11 is 6.26. The zero-order chi connectivity index (χ0) is 14.9. The quantitative estimate of drug-likeness (QED) is 0.752. The monoisotopic (exact) mass is 311 g/mol. The predicted molar refractivity (Wildman–Crippen MR) is 92.5 cm³/mol. The summed E-state index contributed by atoms with van der Waals surface area (Å²) < 4.78 is 0. The Bertz CT molecular complexity index is 652. The van der Waals surface area contributed by atoms with Crippen LogP contribution in [-0.2, 0) is 6.42 Å². The second-order valence-electron chi connectivity index (χ2n) is 6.64. The molecule has 1 nitrogen and oxygen atoms in total. The average molecular weight is 312 g/mol. The minimum absolute atomic E-state index is 0.574. The number of halogens is 1. The van der Waals surface area contributed by atoms with Crippen LogP contribution in [0.1, 0.15) is 47.9 Å². The average Bonchev–Trinajstić information content (AvgIpc) is 2.75. The number of hydrogen-bond acceptors (Lipinski definition) is 1. The van der Waals surface area contributed by atoms with Crippen molar-refractivity contribution < 1.29 is 0 Å². The molecule has 114 valence electrons. The lowest BCUT2D eigenvalue weighted by Crippen LogP contribution is -2.30. The molecule has 2 atom stereocenters. The Morgan fingerprint density at radius 1 is 1.05 bits per heavy atom. The topological polar surface area (TPSA) is 3.24 Å². The number of benzene rings is 2. The summed E-state index contributed by atoms with van der Waals surface area (Å²) in [4.78, 5) is 2.69. The van der Waals surface area contributed by atoms with Gasteiger partial charge in [0.05, 0.1) is 0 Å². The molecule has 22 heavy (non-hydrogen) atoms. The van der Waals surface area contributed by atoms with E-state index < -0.39 is 0 Å². The number of likely N-dealkylation sites (tertiary alicyclic amines) is 1. The molecular formula is C20H22ClN. The van der Waals surface area contributed by atoms with Crippen molar-refractivity contribution in [1.82, 2.24) is 4.90 Å². The lowest BCUT2D eigenvalue weighted by molar-refractivity contribution is 0.209. The molecule has 0 N–H and O–H groups in total. The normalized spacial score (nSPS) is 24.0. The van der Waals surface area contributed by atoms with E-state index >= 15 is 0 Å². The number of nitrogens with zero attached hydrogens (tertiary/aromatic N) is 1. The molecule has 4 rings (SSSR count). The van der Waals surface area contributed by atoms with Crippen LogP contribution in [0.4, 0.5) is 0 Å². The SMILES string of the molecule is Clc1ccc2c(c1)[C@H]1C[C@H]2CCCN1CCc1ccccc1. The lowest BCUT2D eigenvalue weighted by atomic mass is 9.96. The van der Waals surface area contributed by atoms with Crippen LogP contribution in [-0.4, -0.2) is 18.0 Å². The van der Waals surface area contributed by atoms with E-state index in [2.05, 4.69) is 53.4 Å². The second kappa shape index (κ2) is 6.06. The third-order valence-electron chi connectivity index (χ3n) is 5.32. The van der Waals surface area contributed by atoms with Crippen LogP contribution in [0.25, 0.3) is 0 Å². The minimum atomic E-state index is 0.574. The fraction of sp³-hybridized carbons (Fsp3) is 0.400. The molecule has 0 unspecified atom stereocenters. The van der Waals surface area contributed by atoms with Gasteiger partial charge in [-0.2, -0.15) is 0 Å². The second-order valence-corrected chi connectivity index (χ2v) is 7.07. The van der Waals surface area contributed by atoms with Gasteiger partial charge >= 0.3 is 0 Å². The Morgan fingerprint density at radius 3 is 2.77 bits per heavy atom. The molecular weight excluding hydrogens is 290 g/mol. The maximum Gasteiger partial charge on any atom is 0.0409 e. The smallest absolute Gasteiger partial charge is 0.0409 e. The van der Waals surface area contributed by atoms with Crippen LogP contribution in [0.15, 0.2) is 48.5 Å². The van der Waals surface area contributed by atoms with Crippen molar-refractivity contribution in [2.45, 2.75) is 37.6 Å². The van der Waals surface area contributed by atoms with E-state index in [9.17, 15) is 0 Å². The fourth-order valence-corrected chi connectivity index (χ4v) is 4.41. The predicted octanol–water partition coefficient (Wildman–Crippen LogP) is 5.21. The highest BCUT2D eigenvalue weighted by atomic mass is 35.5. The Morgan fingerprint density at radius 2 is 1.91 bits per heavy atom. The molecule has 1 aliphatic heterocycles. The lowest BCUT2D eigenvalue weighted by Gasteiger charge is -2.29. The summed E-state index contributed by atoms with van der Waals surface area (Å²) in [5.41, 5.74) is 4.48. The van der Waals surface area contributed by atoms with Crippen LogP contribution >= 0.6 is 11.6 Å². The zero-order valence-electron chi connectivity index (χ0n) is 12.8. The van der Waals surface area contributed by atoms with Crippen LogP contribution in [0.3, 0.4) is 0 Å². The summed E-state index contributed by atoms with van der Waals surface area (Å²) in [7, 11) is 0. The Balaban J connectivity index is 1.56. The summed E-state index contributed by atoms with van der Waals surface area (Å²) in [6.07, 6.45) is 5.06. The highest BCUT2D eigenvalue weighted by Gasteiger charge is 2.36. The van der Waals surface area contributed by atoms with Gasteiger partial charge < -0.3 is 0 Å². The van der Waals surface area contributed by atoms with Gasteiger partial charge in [-0.3, -0.25) is 4.90 Å². The zero-order valence-corrected chi connectivity index (χ0v) is 13.6. The van der Waals surface area contributed by atoms with Crippen LogP contribution in [0.2, 0.25) is 5.02 Å². The first-order valence-corrected chi connectivity index (χ1v) is 8.76. The molecule has 1 saturated heterocycles. The van der Waals surface area contributed by atoms with Gasteiger partial charge in [-0.1, -0.05) is 48.0 Å². The molecule has 2 aliphatic rings. The van der Waals surface area contributed by atoms with Crippen molar-refractivity contribution in [2.24, 2.45) is 0 Å². The van der Waals surface area contributed by atoms with E-state index in [1.807, 2.05) is 0 Å². The largest absolute Gasteiger partial charge is 0.296 e. The van der Waals surface area contributed by atoms with Gasteiger partial charge in [0.25, 0.3) is 0 Å². The van der Waals surface area contributed by atoms with E-state index in [1.165, 1.54) is 36.9 Å². The molecule has 0 aromatic heterocycles. The molecule has 0 saturated carbocycles. The van der Waals surface area contributed by atoms with Crippen molar-refractivity contribution in [3.8, 4) is 0 Å². The first kappa shape index (κ1) is 14.3. The van der Waals surface area contributed by atoms with Gasteiger partial charge in [-0.05, 0) is 67.0 Å². The van der Waals surface area contributed by atoms with Gasteiger partial charge in [0.15, 0.2) is 0 Å². The summed E-state index contributed by atoms with van der Waals surface area (Å²) in [5, 5.41) is 0.882. The van der Waals surface area contributed by atoms with Crippen molar-refractivity contribution >= 4 is 11.6 Å². The minimum Gasteiger partial charge on any atom is -0.296 e. The first-order chi connectivity index (χ1) is 10.8. The molecule has 1 aliphatic carbocycles. The van der Waals surface area contributed by atoms with Gasteiger partial charge in [0.2, 0.25) is 0 Å². The summed E-state index contributed by atoms with van der Waals surface area (Å²) in [5.74, 6) is 0.749. The molecule has 2 aromatic carbocycles. The molecule has 2 aromatic rings. The van der Waals surface area contributed by atoms with Crippen LogP contribution in [0, 0.1) is 0 Å². The number of fused-ring (bicyclic) bond motifs is 5. The maximum absolute atomic E-state index is 6.26. The molecule has 1 fully saturated rings. The van der Waals surface area contributed by atoms with Crippen molar-refractivity contribution in [2.75, 3.05) is 13.1 Å². The van der Waals surface area contributed by atoms with E-state index in [0.29, 0.717) is 6.04 Å². The fourth-order valence-electron chi connectivity index (χ4n) is 4.23. The Hall–Kier alpha value is -1.31. The summed E-state index contributed by atoms with van der Waals surface area (Å²) in [6, 6.07) is 18.0. The third-order valence-corrected chi connectivity index (χ3v) is 5.56. The third kappa shape index (κ3) is 2.68. The van der Waals surface area contributed by atoms with Gasteiger partial charge in [-0.15, -0.1) is 0 Å². The van der Waals surface area contributed by atoms with E-state index in [4.69, 9.17) is 11.6 Å². The van der Waals surface area contributed by atoms with Gasteiger partial charge in [0.1, 0.15) is 0 Å². The molecule has 0 radical (unpaired) electrons. The summed E-state index contributed by atoms with van der Waals surface area (Å²) in [6.45, 7) is 2.37. The number of hydrogen-bond donors (Lipinski definition) is 0. The molecule has 2 heteroatoms. The molecule has 0 spiro atoms. The molecule has 2 bridgehead atoms. The van der Waals surface area contributed by atoms with Gasteiger partial charge in [-0.25, -0.2) is 0 Å². The molecule has 1 heterocycles. The Labute approximate surface area is 137 Å². The molecule has 0 amide bonds. The van der Waals surface area contributed by atoms with Gasteiger partial charge in [0, 0.05) is 17.6 Å². The van der Waals surface area contributed by atoms with E-state index in [0.717, 1.165) is 23.9 Å². The van der Waals surface area contributed by atoms with Crippen molar-refractivity contribution in [3.63, 3.8) is 0 Å². The van der Waals surface area contributed by atoms with Crippen LogP contribution in [0.5, 0.6) is 0 Å². The van der Waals surface area contributed by atoms with Crippen molar-refractivity contribution in [3.05, 3.63) is 70.2 Å². The highest BCUT2D eigenvalue weighted by molar-refractivity contribution is 6.30. The number of rotatable bonds is 3. The maximum atomic E-state index is 6.26. The standard InChI is InChI=1S/C20H22ClN/c21-17-8-9-18-16-7-4-11-22(20(13-16)19(18)14-17)12-10-15-5-2-1-3-6-15/h1-3,5-6,8-9,14,16,20H,4,7,10-13H2/t16-,20-/m1/s1. The van der Waals surface area contributed by atoms with Crippen LogP contribution < -0.4 is 0 Å². The van der Waals surface area contributed by atoms with E-state index in [-0.39, 0.29) is 0 Å². The highest BCUT2D eigenvalue weighted by Crippen LogP contribution is 2.48. The van der Waals surface area contributed by atoms with E-state index in [1.54, 1.807) is 5.56 Å². The van der Waals surface area contributed by atoms with Crippen molar-refractivity contribution in [1.29, 1.82) is 0 Å².